The van der Waals surface area contributed by atoms with Crippen LogP contribution in [0.5, 0.6) is 0 Å². The van der Waals surface area contributed by atoms with E-state index in [2.05, 4.69) is 10.8 Å². The van der Waals surface area contributed by atoms with Crippen molar-refractivity contribution in [3.63, 3.8) is 0 Å². The number of amides is 2. The lowest BCUT2D eigenvalue weighted by Crippen LogP contribution is -2.49. The van der Waals surface area contributed by atoms with Crippen molar-refractivity contribution >= 4 is 29.7 Å². The predicted octanol–water partition coefficient (Wildman–Crippen LogP) is -2.72. The fraction of sp³-hybridized carbons (Fsp3) is 0.577. The van der Waals surface area contributed by atoms with Crippen molar-refractivity contribution in [1.29, 1.82) is 0 Å². The van der Waals surface area contributed by atoms with Crippen LogP contribution < -0.4 is 16.5 Å². The van der Waals surface area contributed by atoms with E-state index in [0.717, 1.165) is 11.1 Å². The topological polar surface area (TPSA) is 218 Å². The summed E-state index contributed by atoms with van der Waals surface area (Å²) in [5.74, 6) is -3.73. The quantitative estimate of drug-likeness (QED) is 0.121. The number of benzene rings is 1. The van der Waals surface area contributed by atoms with Crippen molar-refractivity contribution < 1.29 is 44.1 Å². The van der Waals surface area contributed by atoms with Gasteiger partial charge in [0.05, 0.1) is 39.3 Å². The zero-order valence-corrected chi connectivity index (χ0v) is 23.6. The van der Waals surface area contributed by atoms with Crippen LogP contribution in [0.25, 0.3) is 0 Å². The van der Waals surface area contributed by atoms with Crippen LogP contribution >= 0.6 is 0 Å². The van der Waals surface area contributed by atoms with Crippen molar-refractivity contribution in [3.8, 4) is 0 Å². The van der Waals surface area contributed by atoms with Gasteiger partial charge in [-0.3, -0.25) is 48.4 Å². The van der Waals surface area contributed by atoms with Crippen LogP contribution in [-0.4, -0.2) is 150 Å². The molecule has 1 aliphatic rings. The Morgan fingerprint density at radius 2 is 1.02 bits per heavy atom. The van der Waals surface area contributed by atoms with Crippen LogP contribution in [0, 0.1) is 0 Å². The first kappa shape index (κ1) is 34.5. The molecule has 7 N–H and O–H groups in total. The van der Waals surface area contributed by atoms with E-state index < -0.39 is 23.8 Å². The first-order valence-corrected chi connectivity index (χ1v) is 13.5. The number of rotatable bonds is 14. The van der Waals surface area contributed by atoms with E-state index >= 15 is 0 Å². The second kappa shape index (κ2) is 18.7. The summed E-state index contributed by atoms with van der Waals surface area (Å²) < 4.78 is 0. The van der Waals surface area contributed by atoms with Crippen LogP contribution in [0.4, 0.5) is 0 Å². The van der Waals surface area contributed by atoms with E-state index in [4.69, 9.17) is 10.6 Å². The third-order valence-electron chi connectivity index (χ3n) is 6.50. The summed E-state index contributed by atoms with van der Waals surface area (Å²) in [5, 5.41) is 30.8. The zero-order valence-electron chi connectivity index (χ0n) is 23.6. The summed E-state index contributed by atoms with van der Waals surface area (Å²) in [7, 11) is 0. The van der Waals surface area contributed by atoms with Gasteiger partial charge in [0.1, 0.15) is 0 Å². The molecule has 1 aromatic carbocycles. The Balaban J connectivity index is 1.98. The third kappa shape index (κ3) is 14.8. The average Bonchev–Trinajstić information content (AvgIpc) is 2.93. The molecule has 2 rings (SSSR count). The molecule has 0 aromatic heterocycles. The van der Waals surface area contributed by atoms with Gasteiger partial charge in [-0.1, -0.05) is 24.3 Å². The molecule has 16 heteroatoms. The largest absolute Gasteiger partial charge is 0.480 e. The van der Waals surface area contributed by atoms with Gasteiger partial charge in [-0.2, -0.15) is 0 Å². The summed E-state index contributed by atoms with van der Waals surface area (Å²) in [6, 6.07) is 7.25. The molecular weight excluding hydrogens is 554 g/mol. The van der Waals surface area contributed by atoms with E-state index in [9.17, 15) is 39.3 Å². The van der Waals surface area contributed by atoms with Crippen molar-refractivity contribution in [3.05, 3.63) is 35.4 Å². The van der Waals surface area contributed by atoms with E-state index in [-0.39, 0.29) is 51.8 Å². The monoisotopic (exact) mass is 595 g/mol. The summed E-state index contributed by atoms with van der Waals surface area (Å²) in [4.78, 5) is 70.1. The number of hydrogen-bond acceptors (Lipinski definition) is 11. The Bertz CT molecular complexity index is 1010. The van der Waals surface area contributed by atoms with Gasteiger partial charge in [-0.25, -0.2) is 5.48 Å². The minimum atomic E-state index is -1.02. The molecule has 0 atom stereocenters. The van der Waals surface area contributed by atoms with E-state index in [1.165, 1.54) is 0 Å². The highest BCUT2D eigenvalue weighted by Gasteiger charge is 2.21. The number of hydroxylamine groups is 1. The fourth-order valence-electron chi connectivity index (χ4n) is 4.24. The highest BCUT2D eigenvalue weighted by Crippen LogP contribution is 2.06. The maximum Gasteiger partial charge on any atom is 0.317 e. The normalized spacial score (nSPS) is 16.6. The highest BCUT2D eigenvalue weighted by molar-refractivity contribution is 5.78. The molecule has 1 saturated heterocycles. The molecule has 0 bridgehead atoms. The molecule has 0 spiro atoms. The minimum Gasteiger partial charge on any atom is -0.480 e. The second-order valence-electron chi connectivity index (χ2n) is 9.90. The second-order valence-corrected chi connectivity index (χ2v) is 9.90. The van der Waals surface area contributed by atoms with Crippen LogP contribution in [0.1, 0.15) is 11.1 Å². The van der Waals surface area contributed by atoms with Crippen molar-refractivity contribution in [2.75, 3.05) is 85.1 Å². The number of nitrogens with zero attached hydrogens (tertiary/aromatic N) is 4. The standard InChI is InChI=1S/C26H41N7O9/c27-13-22(34)29-42-19-21-3-1-20(2-4-21)14-28-23(35)15-30-5-7-31(16-24(36)37)9-11-33(18-26(40)41)12-10-32(8-6-30)17-25(38)39/h1-4H,5-19,27H2,(H,28,35)(H,29,34)(H,36,37)(H,38,39)(H,40,41). The molecule has 42 heavy (non-hydrogen) atoms. The van der Waals surface area contributed by atoms with Gasteiger partial charge in [0.15, 0.2) is 0 Å². The fourth-order valence-corrected chi connectivity index (χ4v) is 4.24. The molecular formula is C26H41N7O9. The van der Waals surface area contributed by atoms with Crippen LogP contribution in [0.2, 0.25) is 0 Å². The molecule has 1 fully saturated rings. The number of hydrogen-bond donors (Lipinski definition) is 6. The van der Waals surface area contributed by atoms with Gasteiger partial charge in [0.2, 0.25) is 5.91 Å². The molecule has 234 valence electrons. The third-order valence-corrected chi connectivity index (χ3v) is 6.50. The number of aliphatic carboxylic acids is 3. The maximum atomic E-state index is 12.8. The Morgan fingerprint density at radius 1 is 0.643 bits per heavy atom. The smallest absolute Gasteiger partial charge is 0.317 e. The van der Waals surface area contributed by atoms with Gasteiger partial charge in [-0.15, -0.1) is 0 Å². The number of carboxylic acid groups (broad SMARTS) is 3. The molecule has 0 radical (unpaired) electrons. The lowest BCUT2D eigenvalue weighted by Gasteiger charge is -2.32. The van der Waals surface area contributed by atoms with Crippen molar-refractivity contribution in [2.24, 2.45) is 5.73 Å². The molecule has 0 aliphatic carbocycles. The average molecular weight is 596 g/mol. The van der Waals surface area contributed by atoms with Crippen LogP contribution in [-0.2, 0) is 42.0 Å². The van der Waals surface area contributed by atoms with Gasteiger partial charge < -0.3 is 26.4 Å². The van der Waals surface area contributed by atoms with E-state index in [1.807, 2.05) is 17.0 Å². The first-order chi connectivity index (χ1) is 20.0. The first-order valence-electron chi connectivity index (χ1n) is 13.5. The number of nitrogens with two attached hydrogens (primary N) is 1. The summed E-state index contributed by atoms with van der Waals surface area (Å²) >= 11 is 0. The van der Waals surface area contributed by atoms with Crippen molar-refractivity contribution in [2.45, 2.75) is 13.2 Å². The number of carbonyl (C=O) groups excluding carboxylic acids is 2. The number of nitrogens with one attached hydrogen (secondary N) is 2. The summed E-state index contributed by atoms with van der Waals surface area (Å²) in [6.45, 7) is 2.16. The maximum absolute atomic E-state index is 12.8. The SMILES string of the molecule is NCC(=O)NOCc1ccc(CNC(=O)CN2CCN(CC(=O)O)CCN(CC(=O)O)CCN(CC(=O)O)CC2)cc1. The van der Waals surface area contributed by atoms with Crippen molar-refractivity contribution in [1.82, 2.24) is 30.4 Å². The molecule has 1 aromatic rings. The minimum absolute atomic E-state index is 0.0275. The Morgan fingerprint density at radius 3 is 1.40 bits per heavy atom. The summed E-state index contributed by atoms with van der Waals surface area (Å²) in [5.41, 5.74) is 9.07. The molecule has 1 heterocycles. The molecule has 0 saturated carbocycles. The lowest BCUT2D eigenvalue weighted by molar-refractivity contribution is -0.140. The van der Waals surface area contributed by atoms with Crippen LogP contribution in [0.3, 0.4) is 0 Å². The van der Waals surface area contributed by atoms with Crippen LogP contribution in [0.15, 0.2) is 24.3 Å². The van der Waals surface area contributed by atoms with E-state index in [0.29, 0.717) is 52.4 Å². The molecule has 1 aliphatic heterocycles. The number of carboxylic acids is 3. The Hall–Kier alpha value is -3.67. The Labute approximate surface area is 243 Å². The molecule has 2 amide bonds. The highest BCUT2D eigenvalue weighted by atomic mass is 16.6. The molecule has 0 unspecified atom stereocenters. The molecule has 16 nitrogen and oxygen atoms in total. The van der Waals surface area contributed by atoms with Gasteiger partial charge in [0, 0.05) is 58.9 Å². The Kier molecular flexibility index (Phi) is 15.4. The number of carbonyl (C=O) groups is 5. The zero-order chi connectivity index (χ0) is 30.9. The van der Waals surface area contributed by atoms with E-state index in [1.54, 1.807) is 26.8 Å². The van der Waals surface area contributed by atoms with Gasteiger partial charge in [0.25, 0.3) is 5.91 Å². The van der Waals surface area contributed by atoms with Gasteiger partial charge >= 0.3 is 17.9 Å². The van der Waals surface area contributed by atoms with Gasteiger partial charge in [-0.05, 0) is 11.1 Å². The lowest BCUT2D eigenvalue weighted by atomic mass is 10.1. The predicted molar refractivity (Wildman–Crippen MR) is 149 cm³/mol. The summed E-state index contributed by atoms with van der Waals surface area (Å²) in [6.07, 6.45) is 0.